The van der Waals surface area contributed by atoms with Crippen LogP contribution in [0.1, 0.15) is 24.5 Å². The highest BCUT2D eigenvalue weighted by molar-refractivity contribution is 6.30. The van der Waals surface area contributed by atoms with Crippen molar-refractivity contribution in [3.63, 3.8) is 0 Å². The van der Waals surface area contributed by atoms with E-state index in [9.17, 15) is 19.2 Å². The number of rotatable bonds is 7. The Bertz CT molecular complexity index is 1130. The number of anilines is 1. The van der Waals surface area contributed by atoms with Gasteiger partial charge in [0.25, 0.3) is 5.91 Å². The molecule has 0 aromatic heterocycles. The quantitative estimate of drug-likeness (QED) is 0.605. The van der Waals surface area contributed by atoms with Crippen molar-refractivity contribution < 1.29 is 24.3 Å². The number of hydrogen-bond acceptors (Lipinski definition) is 4. The normalized spacial score (nSPS) is 15.8. The van der Waals surface area contributed by atoms with Crippen molar-refractivity contribution in [2.45, 2.75) is 25.8 Å². The highest BCUT2D eigenvalue weighted by Gasteiger charge is 2.41. The lowest BCUT2D eigenvalue weighted by Gasteiger charge is -2.34. The number of Topliss-reactive ketones (excluding diaryl/α,β-unsaturated/α-hetero) is 1. The van der Waals surface area contributed by atoms with Crippen molar-refractivity contribution >= 4 is 41.0 Å². The van der Waals surface area contributed by atoms with Crippen LogP contribution in [0, 0.1) is 0 Å². The number of likely N-dealkylation sites (N-methyl/N-ethyl adjacent to an activating group) is 1. The van der Waals surface area contributed by atoms with Crippen LogP contribution in [0.3, 0.4) is 0 Å². The van der Waals surface area contributed by atoms with Gasteiger partial charge in [0.1, 0.15) is 0 Å². The molecule has 0 aliphatic carbocycles. The lowest BCUT2D eigenvalue weighted by molar-refractivity contribution is -0.137. The van der Waals surface area contributed by atoms with Gasteiger partial charge in [-0.15, -0.1) is 0 Å². The van der Waals surface area contributed by atoms with E-state index in [0.29, 0.717) is 22.7 Å². The molecule has 3 amide bonds. The zero-order valence-electron chi connectivity index (χ0n) is 18.2. The summed E-state index contributed by atoms with van der Waals surface area (Å²) in [7, 11) is 1.52. The van der Waals surface area contributed by atoms with Gasteiger partial charge in [0, 0.05) is 36.1 Å². The van der Waals surface area contributed by atoms with E-state index in [2.05, 4.69) is 5.32 Å². The van der Waals surface area contributed by atoms with Crippen LogP contribution >= 0.6 is 11.6 Å². The number of nitrogens with one attached hydrogen (secondary N) is 1. The number of benzene rings is 2. The van der Waals surface area contributed by atoms with E-state index in [1.165, 1.54) is 18.1 Å². The third-order valence-electron chi connectivity index (χ3n) is 5.18. The topological polar surface area (TPSA) is 107 Å². The summed E-state index contributed by atoms with van der Waals surface area (Å²) >= 11 is 6.08. The van der Waals surface area contributed by atoms with Gasteiger partial charge in [-0.3, -0.25) is 19.3 Å². The summed E-state index contributed by atoms with van der Waals surface area (Å²) < 4.78 is 0. The molecule has 0 fully saturated rings. The second-order valence-electron chi connectivity index (χ2n) is 7.75. The number of carbonyl (C=O) groups is 4. The van der Waals surface area contributed by atoms with E-state index >= 15 is 0 Å². The molecule has 9 heteroatoms. The zero-order chi connectivity index (χ0) is 24.1. The number of halogens is 1. The standard InChI is InChI=1S/C24H24ClN3O5/c1-15-14-27(2)23(32)21(22(15)31)28(24(33)26-10-9-20(29)30)19-8-4-6-17(13-19)11-16-5-3-7-18(25)12-16/h3-8,12-14,21H,9-11H2,1-2H3,(H,26,33)(H,29,30). The summed E-state index contributed by atoms with van der Waals surface area (Å²) in [4.78, 5) is 52.2. The van der Waals surface area contributed by atoms with E-state index < -0.39 is 29.7 Å². The highest BCUT2D eigenvalue weighted by Crippen LogP contribution is 2.26. The van der Waals surface area contributed by atoms with Crippen molar-refractivity contribution in [2.75, 3.05) is 18.5 Å². The summed E-state index contributed by atoms with van der Waals surface area (Å²) in [5.41, 5.74) is 2.48. The van der Waals surface area contributed by atoms with Crippen molar-refractivity contribution in [3.05, 3.63) is 76.5 Å². The van der Waals surface area contributed by atoms with Gasteiger partial charge in [-0.1, -0.05) is 35.9 Å². The Labute approximate surface area is 196 Å². The maximum Gasteiger partial charge on any atom is 0.323 e. The first-order valence-corrected chi connectivity index (χ1v) is 10.7. The number of carboxylic acids is 1. The average molecular weight is 470 g/mol. The Morgan fingerprint density at radius 2 is 1.79 bits per heavy atom. The third-order valence-corrected chi connectivity index (χ3v) is 5.42. The molecule has 2 aromatic carbocycles. The van der Waals surface area contributed by atoms with Gasteiger partial charge in [-0.2, -0.15) is 0 Å². The van der Waals surface area contributed by atoms with Crippen LogP contribution in [0.4, 0.5) is 10.5 Å². The van der Waals surface area contributed by atoms with Gasteiger partial charge in [0.05, 0.1) is 6.42 Å². The van der Waals surface area contributed by atoms with Gasteiger partial charge in [-0.05, 0) is 48.7 Å². The number of hydrogen-bond donors (Lipinski definition) is 2. The van der Waals surface area contributed by atoms with Gasteiger partial charge in [0.2, 0.25) is 0 Å². The summed E-state index contributed by atoms with van der Waals surface area (Å²) in [6, 6.07) is 12.2. The molecule has 0 radical (unpaired) electrons. The molecule has 0 spiro atoms. The van der Waals surface area contributed by atoms with Crippen LogP contribution < -0.4 is 10.2 Å². The molecule has 2 aromatic rings. The summed E-state index contributed by atoms with van der Waals surface area (Å²) in [5, 5.41) is 12.0. The first kappa shape index (κ1) is 24.0. The third kappa shape index (κ3) is 5.78. The van der Waals surface area contributed by atoms with Crippen molar-refractivity contribution in [3.8, 4) is 0 Å². The SMILES string of the molecule is CC1=CN(C)C(=O)C(N(C(=O)NCCC(=O)O)c2cccc(Cc3cccc(Cl)c3)c2)C1=O. The number of amides is 3. The Balaban J connectivity index is 1.98. The van der Waals surface area contributed by atoms with Crippen LogP contribution in [-0.4, -0.2) is 53.3 Å². The predicted octanol–water partition coefficient (Wildman–Crippen LogP) is 3.24. The summed E-state index contributed by atoms with van der Waals surface area (Å²) in [5.74, 6) is -2.13. The predicted molar refractivity (Wildman–Crippen MR) is 124 cm³/mol. The lowest BCUT2D eigenvalue weighted by atomic mass is 9.98. The molecule has 1 unspecified atom stereocenters. The van der Waals surface area contributed by atoms with Gasteiger partial charge >= 0.3 is 12.0 Å². The molecule has 2 N–H and O–H groups in total. The molecular formula is C24H24ClN3O5. The molecule has 172 valence electrons. The van der Waals surface area contributed by atoms with Crippen LogP contribution in [0.2, 0.25) is 5.02 Å². The molecule has 3 rings (SSSR count). The number of carboxylic acid groups (broad SMARTS) is 1. The van der Waals surface area contributed by atoms with E-state index in [1.54, 1.807) is 31.2 Å². The van der Waals surface area contributed by atoms with Crippen LogP contribution in [0.25, 0.3) is 0 Å². The van der Waals surface area contributed by atoms with E-state index in [4.69, 9.17) is 16.7 Å². The fourth-order valence-corrected chi connectivity index (χ4v) is 3.82. The minimum Gasteiger partial charge on any atom is -0.481 e. The second kappa shape index (κ2) is 10.3. The highest BCUT2D eigenvalue weighted by atomic mass is 35.5. The zero-order valence-corrected chi connectivity index (χ0v) is 19.0. The Kier molecular flexibility index (Phi) is 7.50. The van der Waals surface area contributed by atoms with Gasteiger partial charge < -0.3 is 15.3 Å². The lowest BCUT2D eigenvalue weighted by Crippen LogP contribution is -2.58. The first-order valence-electron chi connectivity index (χ1n) is 10.3. The van der Waals surface area contributed by atoms with Crippen molar-refractivity contribution in [1.82, 2.24) is 10.2 Å². The molecule has 1 aliphatic heterocycles. The largest absolute Gasteiger partial charge is 0.481 e. The fraction of sp³-hybridized carbons (Fsp3) is 0.250. The van der Waals surface area contributed by atoms with Crippen molar-refractivity contribution in [1.29, 1.82) is 0 Å². The molecule has 0 saturated carbocycles. The minimum absolute atomic E-state index is 0.146. The number of ketones is 1. The summed E-state index contributed by atoms with van der Waals surface area (Å²) in [6.45, 7) is 1.43. The first-order chi connectivity index (χ1) is 15.7. The minimum atomic E-state index is -1.40. The number of carbonyl (C=O) groups excluding carboxylic acids is 3. The molecule has 1 atom stereocenters. The maximum atomic E-state index is 13.1. The smallest absolute Gasteiger partial charge is 0.323 e. The van der Waals surface area contributed by atoms with Gasteiger partial charge in [-0.25, -0.2) is 4.79 Å². The van der Waals surface area contributed by atoms with Crippen LogP contribution in [-0.2, 0) is 20.8 Å². The number of urea groups is 1. The van der Waals surface area contributed by atoms with E-state index in [1.807, 2.05) is 24.3 Å². The number of aliphatic carboxylic acids is 1. The number of nitrogens with zero attached hydrogens (tertiary/aromatic N) is 2. The molecular weight excluding hydrogens is 446 g/mol. The van der Waals surface area contributed by atoms with E-state index in [-0.39, 0.29) is 13.0 Å². The Morgan fingerprint density at radius 3 is 2.45 bits per heavy atom. The Morgan fingerprint density at radius 1 is 1.12 bits per heavy atom. The monoisotopic (exact) mass is 469 g/mol. The fourth-order valence-electron chi connectivity index (χ4n) is 3.61. The molecule has 8 nitrogen and oxygen atoms in total. The molecule has 0 bridgehead atoms. The molecule has 0 saturated heterocycles. The van der Waals surface area contributed by atoms with E-state index in [0.717, 1.165) is 16.0 Å². The molecule has 1 aliphatic rings. The van der Waals surface area contributed by atoms with Gasteiger partial charge in [0.15, 0.2) is 11.8 Å². The van der Waals surface area contributed by atoms with Crippen LogP contribution in [0.5, 0.6) is 0 Å². The summed E-state index contributed by atoms with van der Waals surface area (Å²) in [6.07, 6.45) is 1.66. The maximum absolute atomic E-state index is 13.1. The Hall–Kier alpha value is -3.65. The van der Waals surface area contributed by atoms with Crippen molar-refractivity contribution in [2.24, 2.45) is 0 Å². The second-order valence-corrected chi connectivity index (χ2v) is 8.19. The average Bonchev–Trinajstić information content (AvgIpc) is 2.75. The molecule has 1 heterocycles. The van der Waals surface area contributed by atoms with Crippen LogP contribution in [0.15, 0.2) is 60.3 Å². The molecule has 33 heavy (non-hydrogen) atoms.